The molecule has 0 aliphatic heterocycles. The van der Waals surface area contributed by atoms with Crippen molar-refractivity contribution in [2.24, 2.45) is 0 Å². The highest BCUT2D eigenvalue weighted by Gasteiger charge is 2.20. The van der Waals surface area contributed by atoms with Crippen LogP contribution in [-0.4, -0.2) is 27.1 Å². The van der Waals surface area contributed by atoms with Crippen molar-refractivity contribution in [2.45, 2.75) is 6.92 Å². The second-order valence-electron chi connectivity index (χ2n) is 6.32. The quantitative estimate of drug-likeness (QED) is 0.538. The average molecular weight is 391 g/mol. The second-order valence-corrected chi connectivity index (χ2v) is 6.32. The van der Waals surface area contributed by atoms with Crippen LogP contribution in [0.2, 0.25) is 0 Å². The second kappa shape index (κ2) is 7.16. The Kier molecular flexibility index (Phi) is 4.52. The topological polar surface area (TPSA) is 105 Å². The van der Waals surface area contributed by atoms with Crippen molar-refractivity contribution in [3.05, 3.63) is 77.2 Å². The van der Waals surface area contributed by atoms with Gasteiger partial charge < -0.3 is 14.9 Å². The van der Waals surface area contributed by atoms with Crippen molar-refractivity contribution < 1.29 is 23.6 Å². The predicted octanol–water partition coefficient (Wildman–Crippen LogP) is 4.29. The van der Waals surface area contributed by atoms with Crippen LogP contribution in [0.3, 0.4) is 0 Å². The van der Waals surface area contributed by atoms with Crippen LogP contribution >= 0.6 is 0 Å². The lowest BCUT2D eigenvalue weighted by atomic mass is 10.0. The first-order valence-corrected chi connectivity index (χ1v) is 8.60. The molecule has 0 radical (unpaired) electrons. The molecular weight excluding hydrogens is 377 g/mol. The summed E-state index contributed by atoms with van der Waals surface area (Å²) in [6.07, 6.45) is 0. The molecule has 0 saturated carbocycles. The number of hydrogen-bond donors (Lipinski definition) is 2. The van der Waals surface area contributed by atoms with E-state index < -0.39 is 23.3 Å². The van der Waals surface area contributed by atoms with E-state index in [9.17, 15) is 14.0 Å². The Hall–Kier alpha value is -4.07. The fraction of sp³-hybridized carbons (Fsp3) is 0.0476. The number of benzene rings is 2. The Morgan fingerprint density at radius 3 is 2.52 bits per heavy atom. The average Bonchev–Trinajstić information content (AvgIpc) is 3.08. The lowest BCUT2D eigenvalue weighted by Crippen LogP contribution is -2.14. The first-order chi connectivity index (χ1) is 13.9. The molecule has 1 amide bonds. The van der Waals surface area contributed by atoms with Gasteiger partial charge in [0.2, 0.25) is 0 Å². The number of halogens is 1. The van der Waals surface area contributed by atoms with E-state index in [1.165, 1.54) is 6.07 Å². The molecule has 0 fully saturated rings. The van der Waals surface area contributed by atoms with Gasteiger partial charge in [-0.1, -0.05) is 35.5 Å². The van der Waals surface area contributed by atoms with Gasteiger partial charge in [-0.15, -0.1) is 0 Å². The van der Waals surface area contributed by atoms with Crippen molar-refractivity contribution in [2.75, 3.05) is 5.32 Å². The van der Waals surface area contributed by atoms with Gasteiger partial charge in [0, 0.05) is 11.3 Å². The minimum atomic E-state index is -1.39. The molecule has 4 aromatic rings. The minimum Gasteiger partial charge on any atom is -0.478 e. The van der Waals surface area contributed by atoms with E-state index in [4.69, 9.17) is 9.63 Å². The third kappa shape index (κ3) is 3.43. The van der Waals surface area contributed by atoms with Crippen molar-refractivity contribution in [3.8, 4) is 11.3 Å². The number of aromatic nitrogens is 2. The molecule has 0 aliphatic rings. The lowest BCUT2D eigenvalue weighted by molar-refractivity contribution is 0.0691. The molecule has 2 N–H and O–H groups in total. The van der Waals surface area contributed by atoms with E-state index >= 15 is 0 Å². The number of pyridine rings is 1. The van der Waals surface area contributed by atoms with Gasteiger partial charge in [-0.25, -0.2) is 14.2 Å². The Morgan fingerprint density at radius 1 is 1.07 bits per heavy atom. The summed E-state index contributed by atoms with van der Waals surface area (Å²) in [5.41, 5.74) is 1.91. The summed E-state index contributed by atoms with van der Waals surface area (Å²) in [5.74, 6) is -2.85. The van der Waals surface area contributed by atoms with Crippen molar-refractivity contribution in [1.82, 2.24) is 10.1 Å². The summed E-state index contributed by atoms with van der Waals surface area (Å²) in [6.45, 7) is 1.69. The van der Waals surface area contributed by atoms with E-state index in [2.05, 4.69) is 15.5 Å². The van der Waals surface area contributed by atoms with Gasteiger partial charge in [0.25, 0.3) is 11.6 Å². The van der Waals surface area contributed by atoms with Crippen molar-refractivity contribution in [1.29, 1.82) is 0 Å². The van der Waals surface area contributed by atoms with Crippen LogP contribution < -0.4 is 5.32 Å². The van der Waals surface area contributed by atoms with E-state index in [1.807, 2.05) is 30.3 Å². The van der Waals surface area contributed by atoms with E-state index in [-0.39, 0.29) is 17.0 Å². The van der Waals surface area contributed by atoms with Crippen LogP contribution in [0, 0.1) is 12.7 Å². The van der Waals surface area contributed by atoms with Gasteiger partial charge in [-0.3, -0.25) is 4.79 Å². The number of anilines is 1. The molecule has 8 heteroatoms. The zero-order chi connectivity index (χ0) is 20.5. The Morgan fingerprint density at radius 2 is 1.83 bits per heavy atom. The van der Waals surface area contributed by atoms with Gasteiger partial charge in [0.15, 0.2) is 0 Å². The number of carbonyl (C=O) groups is 2. The largest absolute Gasteiger partial charge is 0.478 e. The van der Waals surface area contributed by atoms with Gasteiger partial charge >= 0.3 is 5.97 Å². The number of rotatable bonds is 4. The molecule has 0 unspecified atom stereocenters. The molecule has 29 heavy (non-hydrogen) atoms. The van der Waals surface area contributed by atoms with E-state index in [1.54, 1.807) is 13.0 Å². The molecule has 2 heterocycles. The molecule has 0 spiro atoms. The van der Waals surface area contributed by atoms with Gasteiger partial charge in [-0.2, -0.15) is 0 Å². The molecule has 0 atom stereocenters. The number of fused-ring (bicyclic) bond motifs is 1. The fourth-order valence-corrected chi connectivity index (χ4v) is 3.00. The van der Waals surface area contributed by atoms with Gasteiger partial charge in [-0.05, 0) is 31.2 Å². The van der Waals surface area contributed by atoms with Crippen LogP contribution in [0.4, 0.5) is 10.1 Å². The smallest absolute Gasteiger partial charge is 0.338 e. The minimum absolute atomic E-state index is 0.123. The summed E-state index contributed by atoms with van der Waals surface area (Å²) >= 11 is 0. The van der Waals surface area contributed by atoms with Crippen LogP contribution in [0.25, 0.3) is 22.4 Å². The third-order valence-electron chi connectivity index (χ3n) is 4.39. The highest BCUT2D eigenvalue weighted by Crippen LogP contribution is 2.28. The Balaban J connectivity index is 1.76. The van der Waals surface area contributed by atoms with Gasteiger partial charge in [0.05, 0.1) is 27.9 Å². The van der Waals surface area contributed by atoms with E-state index in [0.717, 1.165) is 17.7 Å². The zero-order valence-electron chi connectivity index (χ0n) is 15.1. The number of nitrogens with one attached hydrogen (secondary N) is 1. The predicted molar refractivity (Wildman–Crippen MR) is 103 cm³/mol. The molecule has 0 aliphatic carbocycles. The molecular formula is C21H14FN3O4. The summed E-state index contributed by atoms with van der Waals surface area (Å²) in [5, 5.41) is 15.8. The zero-order valence-corrected chi connectivity index (χ0v) is 15.1. The van der Waals surface area contributed by atoms with Crippen LogP contribution in [-0.2, 0) is 0 Å². The first kappa shape index (κ1) is 18.3. The maximum Gasteiger partial charge on any atom is 0.338 e. The lowest BCUT2D eigenvalue weighted by Gasteiger charge is -2.09. The fourth-order valence-electron chi connectivity index (χ4n) is 3.00. The molecule has 0 saturated heterocycles. The number of aryl methyl sites for hydroxylation is 1. The Bertz CT molecular complexity index is 1250. The molecule has 0 bridgehead atoms. The number of hydrogen-bond acceptors (Lipinski definition) is 5. The number of carbonyl (C=O) groups excluding carboxylic acids is 1. The first-order valence-electron chi connectivity index (χ1n) is 8.60. The normalized spacial score (nSPS) is 10.8. The van der Waals surface area contributed by atoms with Crippen molar-refractivity contribution in [3.63, 3.8) is 0 Å². The van der Waals surface area contributed by atoms with Crippen molar-refractivity contribution >= 4 is 28.7 Å². The maximum atomic E-state index is 13.9. The summed E-state index contributed by atoms with van der Waals surface area (Å²) in [7, 11) is 0. The molecule has 2 aromatic heterocycles. The van der Waals surface area contributed by atoms with Crippen LogP contribution in [0.5, 0.6) is 0 Å². The maximum absolute atomic E-state index is 13.9. The molecule has 2 aromatic carbocycles. The number of carboxylic acid groups (broad SMARTS) is 1. The number of aromatic carboxylic acids is 1. The van der Waals surface area contributed by atoms with Crippen LogP contribution in [0.15, 0.2) is 59.1 Å². The molecule has 4 rings (SSSR count). The standard InChI is InChI=1S/C21H14FN3O4/c1-11-18-15(19(26)23-13-7-8-14(21(27)28)16(22)9-13)10-17(24-20(18)29-25-11)12-5-3-2-4-6-12/h2-10H,1H3,(H,23,26)(H,27,28). The summed E-state index contributed by atoms with van der Waals surface area (Å²) < 4.78 is 19.2. The third-order valence-corrected chi connectivity index (χ3v) is 4.39. The highest BCUT2D eigenvalue weighted by atomic mass is 19.1. The Labute approximate surface area is 163 Å². The number of amides is 1. The number of carboxylic acids is 1. The van der Waals surface area contributed by atoms with Crippen LogP contribution in [0.1, 0.15) is 26.4 Å². The SMILES string of the molecule is Cc1noc2nc(-c3ccccc3)cc(C(=O)Nc3ccc(C(=O)O)c(F)c3)c12. The number of nitrogens with zero attached hydrogens (tertiary/aromatic N) is 2. The molecule has 144 valence electrons. The summed E-state index contributed by atoms with van der Waals surface area (Å²) in [4.78, 5) is 28.3. The molecule has 7 nitrogen and oxygen atoms in total. The van der Waals surface area contributed by atoms with Gasteiger partial charge in [0.1, 0.15) is 5.82 Å². The van der Waals surface area contributed by atoms with E-state index in [0.29, 0.717) is 16.8 Å². The summed E-state index contributed by atoms with van der Waals surface area (Å²) in [6, 6.07) is 14.2. The monoisotopic (exact) mass is 391 g/mol. The highest BCUT2D eigenvalue weighted by molar-refractivity contribution is 6.13.